The lowest BCUT2D eigenvalue weighted by atomic mass is 9.90. The number of methoxy groups -OCH3 is 2. The summed E-state index contributed by atoms with van der Waals surface area (Å²) in [5.41, 5.74) is 4.13. The van der Waals surface area contributed by atoms with Gasteiger partial charge < -0.3 is 14.2 Å². The molecule has 0 aliphatic carbocycles. The summed E-state index contributed by atoms with van der Waals surface area (Å²) >= 11 is 0. The number of fused-ring (bicyclic) bond motifs is 1. The van der Waals surface area contributed by atoms with Crippen molar-refractivity contribution in [2.75, 3.05) is 14.2 Å². The van der Waals surface area contributed by atoms with E-state index in [9.17, 15) is 9.59 Å². The predicted molar refractivity (Wildman–Crippen MR) is 86.9 cm³/mol. The molecule has 24 heavy (non-hydrogen) atoms. The van der Waals surface area contributed by atoms with Crippen LogP contribution < -0.4 is 0 Å². The Labute approximate surface area is 140 Å². The van der Waals surface area contributed by atoms with Gasteiger partial charge in [-0.1, -0.05) is 30.3 Å². The van der Waals surface area contributed by atoms with Crippen LogP contribution in [-0.2, 0) is 33.8 Å². The maximum atomic E-state index is 12.3. The van der Waals surface area contributed by atoms with Gasteiger partial charge in [0.05, 0.1) is 38.6 Å². The van der Waals surface area contributed by atoms with Crippen molar-refractivity contribution in [1.29, 1.82) is 0 Å². The summed E-state index contributed by atoms with van der Waals surface area (Å²) in [5.74, 6) is -0.846. The first kappa shape index (κ1) is 16.2. The molecule has 1 aliphatic rings. The summed E-state index contributed by atoms with van der Waals surface area (Å²) in [6, 6.07) is 11.5. The van der Waals surface area contributed by atoms with Crippen LogP contribution in [0.3, 0.4) is 0 Å². The van der Waals surface area contributed by atoms with Gasteiger partial charge in [0.25, 0.3) is 0 Å². The van der Waals surface area contributed by atoms with Crippen molar-refractivity contribution in [3.63, 3.8) is 0 Å². The lowest BCUT2D eigenvalue weighted by Gasteiger charge is -2.15. The Morgan fingerprint density at radius 3 is 2.33 bits per heavy atom. The van der Waals surface area contributed by atoms with Gasteiger partial charge in [-0.15, -0.1) is 0 Å². The van der Waals surface area contributed by atoms with E-state index in [1.807, 2.05) is 30.3 Å². The molecule has 0 atom stereocenters. The van der Waals surface area contributed by atoms with Gasteiger partial charge in [0.15, 0.2) is 0 Å². The highest BCUT2D eigenvalue weighted by Gasteiger charge is 2.29. The molecular formula is C19H18O5. The minimum atomic E-state index is -0.428. The quantitative estimate of drug-likeness (QED) is 0.809. The summed E-state index contributed by atoms with van der Waals surface area (Å²) in [4.78, 5) is 24.5. The third kappa shape index (κ3) is 2.90. The smallest absolute Gasteiger partial charge is 0.338 e. The molecule has 3 rings (SSSR count). The number of benzene rings is 2. The Bertz CT molecular complexity index is 780. The third-order valence-electron chi connectivity index (χ3n) is 4.16. The van der Waals surface area contributed by atoms with Gasteiger partial charge in [-0.25, -0.2) is 9.59 Å². The molecule has 5 heteroatoms. The molecule has 0 spiro atoms. The Hall–Kier alpha value is -2.66. The fourth-order valence-electron chi connectivity index (χ4n) is 3.02. The van der Waals surface area contributed by atoms with E-state index in [0.717, 1.165) is 16.7 Å². The van der Waals surface area contributed by atoms with E-state index in [1.165, 1.54) is 14.2 Å². The molecule has 1 aliphatic heterocycles. The fraction of sp³-hybridized carbons (Fsp3) is 0.263. The number of hydrogen-bond acceptors (Lipinski definition) is 5. The summed E-state index contributed by atoms with van der Waals surface area (Å²) in [7, 11) is 2.70. The van der Waals surface area contributed by atoms with Gasteiger partial charge >= 0.3 is 11.9 Å². The Morgan fingerprint density at radius 1 is 1.00 bits per heavy atom. The molecule has 0 unspecified atom stereocenters. The normalized spacial score (nSPS) is 12.6. The summed E-state index contributed by atoms with van der Waals surface area (Å²) < 4.78 is 15.3. The van der Waals surface area contributed by atoms with Crippen LogP contribution in [0.2, 0.25) is 0 Å². The minimum absolute atomic E-state index is 0.284. The van der Waals surface area contributed by atoms with Crippen LogP contribution in [0.4, 0.5) is 0 Å². The van der Waals surface area contributed by atoms with Crippen molar-refractivity contribution in [3.05, 3.63) is 69.8 Å². The average molecular weight is 326 g/mol. The summed E-state index contributed by atoms with van der Waals surface area (Å²) in [5, 5.41) is 0. The van der Waals surface area contributed by atoms with Crippen molar-refractivity contribution < 1.29 is 23.8 Å². The lowest BCUT2D eigenvalue weighted by molar-refractivity contribution is 0.0584. The van der Waals surface area contributed by atoms with Crippen LogP contribution in [0.15, 0.2) is 36.4 Å². The van der Waals surface area contributed by atoms with Crippen molar-refractivity contribution in [2.45, 2.75) is 19.6 Å². The van der Waals surface area contributed by atoms with Gasteiger partial charge in [-0.05, 0) is 34.7 Å². The molecule has 124 valence electrons. The molecule has 0 radical (unpaired) electrons. The highest BCUT2D eigenvalue weighted by Crippen LogP contribution is 2.32. The van der Waals surface area contributed by atoms with E-state index in [-0.39, 0.29) is 13.2 Å². The minimum Gasteiger partial charge on any atom is -0.465 e. The molecule has 0 amide bonds. The molecular weight excluding hydrogens is 308 g/mol. The van der Waals surface area contributed by atoms with Crippen LogP contribution in [0, 0.1) is 0 Å². The maximum Gasteiger partial charge on any atom is 0.338 e. The number of carbonyl (C=O) groups excluding carboxylic acids is 2. The van der Waals surface area contributed by atoms with E-state index in [2.05, 4.69) is 0 Å². The summed E-state index contributed by atoms with van der Waals surface area (Å²) in [6.45, 7) is 0.571. The van der Waals surface area contributed by atoms with E-state index in [0.29, 0.717) is 23.1 Å². The molecule has 0 aromatic heterocycles. The topological polar surface area (TPSA) is 61.8 Å². The number of esters is 2. The molecule has 2 aromatic carbocycles. The van der Waals surface area contributed by atoms with Crippen LogP contribution in [0.1, 0.15) is 43.0 Å². The second kappa shape index (κ2) is 6.84. The molecule has 2 aromatic rings. The van der Waals surface area contributed by atoms with E-state index in [4.69, 9.17) is 14.2 Å². The Kier molecular flexibility index (Phi) is 4.62. The first-order valence-corrected chi connectivity index (χ1v) is 7.61. The zero-order valence-corrected chi connectivity index (χ0v) is 13.6. The molecule has 0 saturated carbocycles. The fourth-order valence-corrected chi connectivity index (χ4v) is 3.02. The third-order valence-corrected chi connectivity index (χ3v) is 4.16. The SMILES string of the molecule is COC(=O)c1cc(Cc2ccccc2)c(C(=O)OC)c2c1COC2. The predicted octanol–water partition coefficient (Wildman–Crippen LogP) is 2.88. The lowest BCUT2D eigenvalue weighted by Crippen LogP contribution is -2.15. The molecule has 0 fully saturated rings. The standard InChI is InChI=1S/C19H18O5/c1-22-18(20)14-9-13(8-12-6-4-3-5-7-12)17(19(21)23-2)16-11-24-10-15(14)16/h3-7,9H,8,10-11H2,1-2H3. The monoisotopic (exact) mass is 326 g/mol. The van der Waals surface area contributed by atoms with Crippen LogP contribution in [0.25, 0.3) is 0 Å². The number of rotatable bonds is 4. The second-order valence-electron chi connectivity index (χ2n) is 5.55. The van der Waals surface area contributed by atoms with Crippen molar-refractivity contribution in [2.24, 2.45) is 0 Å². The van der Waals surface area contributed by atoms with Crippen molar-refractivity contribution in [3.8, 4) is 0 Å². The van der Waals surface area contributed by atoms with E-state index >= 15 is 0 Å². The van der Waals surface area contributed by atoms with Crippen LogP contribution in [0.5, 0.6) is 0 Å². The van der Waals surface area contributed by atoms with Gasteiger partial charge in [-0.3, -0.25) is 0 Å². The highest BCUT2D eigenvalue weighted by atomic mass is 16.5. The molecule has 1 heterocycles. The largest absolute Gasteiger partial charge is 0.465 e. The zero-order valence-electron chi connectivity index (χ0n) is 13.6. The summed E-state index contributed by atoms with van der Waals surface area (Å²) in [6.07, 6.45) is 0.516. The van der Waals surface area contributed by atoms with Gasteiger partial charge in [0.2, 0.25) is 0 Å². The Balaban J connectivity index is 2.17. The number of ether oxygens (including phenoxy) is 3. The molecule has 0 saturated heterocycles. The van der Waals surface area contributed by atoms with Crippen LogP contribution in [-0.4, -0.2) is 26.2 Å². The highest BCUT2D eigenvalue weighted by molar-refractivity contribution is 5.98. The second-order valence-corrected chi connectivity index (χ2v) is 5.55. The zero-order chi connectivity index (χ0) is 17.1. The van der Waals surface area contributed by atoms with E-state index in [1.54, 1.807) is 6.07 Å². The molecule has 0 bridgehead atoms. The number of carbonyl (C=O) groups is 2. The van der Waals surface area contributed by atoms with E-state index < -0.39 is 11.9 Å². The van der Waals surface area contributed by atoms with Gasteiger partial charge in [-0.2, -0.15) is 0 Å². The average Bonchev–Trinajstić information content (AvgIpc) is 3.10. The van der Waals surface area contributed by atoms with Gasteiger partial charge in [0.1, 0.15) is 0 Å². The first-order chi connectivity index (χ1) is 11.7. The number of hydrogen-bond donors (Lipinski definition) is 0. The molecule has 0 N–H and O–H groups in total. The maximum absolute atomic E-state index is 12.3. The molecule has 5 nitrogen and oxygen atoms in total. The van der Waals surface area contributed by atoms with Crippen LogP contribution >= 0.6 is 0 Å². The van der Waals surface area contributed by atoms with Crippen molar-refractivity contribution >= 4 is 11.9 Å². The first-order valence-electron chi connectivity index (χ1n) is 7.61. The van der Waals surface area contributed by atoms with Crippen molar-refractivity contribution in [1.82, 2.24) is 0 Å². The Morgan fingerprint density at radius 2 is 1.67 bits per heavy atom. The van der Waals surface area contributed by atoms with Gasteiger partial charge in [0, 0.05) is 0 Å².